The van der Waals surface area contributed by atoms with Crippen LogP contribution >= 0.6 is 0 Å². The second-order valence-electron chi connectivity index (χ2n) is 15.4. The highest BCUT2D eigenvalue weighted by Gasteiger charge is 2.40. The summed E-state index contributed by atoms with van der Waals surface area (Å²) < 4.78 is 8.91. The van der Waals surface area contributed by atoms with Crippen LogP contribution in [0.4, 0.5) is 17.1 Å². The summed E-state index contributed by atoms with van der Waals surface area (Å²) in [6.07, 6.45) is 3.06. The second-order valence-corrected chi connectivity index (χ2v) is 15.4. The van der Waals surface area contributed by atoms with E-state index in [0.29, 0.717) is 5.90 Å². The lowest BCUT2D eigenvalue weighted by atomic mass is 9.90. The van der Waals surface area contributed by atoms with Gasteiger partial charge in [-0.15, -0.1) is 0 Å². The van der Waals surface area contributed by atoms with E-state index < -0.39 is 5.60 Å². The number of para-hydroxylation sites is 2. The van der Waals surface area contributed by atoms with Gasteiger partial charge in [-0.25, -0.2) is 4.99 Å². The van der Waals surface area contributed by atoms with Gasteiger partial charge in [0, 0.05) is 50.7 Å². The molecule has 11 rings (SSSR count). The van der Waals surface area contributed by atoms with Crippen molar-refractivity contribution in [2.45, 2.75) is 18.9 Å². The number of ether oxygens (including phenoxy) is 1. The first-order valence-corrected chi connectivity index (χ1v) is 19.9. The van der Waals surface area contributed by atoms with Gasteiger partial charge in [0.2, 0.25) is 5.90 Å². The van der Waals surface area contributed by atoms with E-state index in [1.54, 1.807) is 0 Å². The maximum atomic E-state index is 6.54. The van der Waals surface area contributed by atoms with Crippen LogP contribution in [0.5, 0.6) is 0 Å². The Balaban J connectivity index is 0.999. The van der Waals surface area contributed by atoms with Gasteiger partial charge in [-0.05, 0) is 113 Å². The van der Waals surface area contributed by atoms with E-state index in [-0.39, 0.29) is 0 Å². The first-order valence-electron chi connectivity index (χ1n) is 19.9. The Morgan fingerprint density at radius 3 is 1.74 bits per heavy atom. The van der Waals surface area contributed by atoms with E-state index in [0.717, 1.165) is 56.8 Å². The van der Waals surface area contributed by atoms with Crippen molar-refractivity contribution < 1.29 is 4.74 Å². The molecule has 0 amide bonds. The summed E-state index contributed by atoms with van der Waals surface area (Å²) in [7, 11) is 0. The lowest BCUT2D eigenvalue weighted by Gasteiger charge is -2.27. The highest BCUT2D eigenvalue weighted by molar-refractivity contribution is 6.09. The van der Waals surface area contributed by atoms with Crippen LogP contribution in [0.15, 0.2) is 205 Å². The normalized spacial score (nSPS) is 15.7. The number of anilines is 3. The zero-order chi connectivity index (χ0) is 38.6. The Kier molecular flexibility index (Phi) is 7.97. The van der Waals surface area contributed by atoms with Crippen molar-refractivity contribution >= 4 is 56.5 Å². The molecule has 0 saturated carbocycles. The molecule has 1 aromatic heterocycles. The highest BCUT2D eigenvalue weighted by atomic mass is 16.5. The fourth-order valence-corrected chi connectivity index (χ4v) is 8.77. The van der Waals surface area contributed by atoms with Gasteiger partial charge in [0.25, 0.3) is 0 Å². The first kappa shape index (κ1) is 33.9. The minimum Gasteiger partial charge on any atom is -0.464 e. The maximum absolute atomic E-state index is 6.54. The van der Waals surface area contributed by atoms with Crippen molar-refractivity contribution in [1.29, 1.82) is 0 Å². The summed E-state index contributed by atoms with van der Waals surface area (Å²) in [6, 6.07) is 71.6. The van der Waals surface area contributed by atoms with E-state index in [1.807, 2.05) is 18.2 Å². The summed E-state index contributed by atoms with van der Waals surface area (Å²) in [5, 5.41) is 4.84. The number of rotatable bonds is 7. The van der Waals surface area contributed by atoms with Gasteiger partial charge in [0.15, 0.2) is 5.60 Å². The van der Waals surface area contributed by atoms with Crippen LogP contribution in [0.25, 0.3) is 61.5 Å². The van der Waals surface area contributed by atoms with Gasteiger partial charge in [0.1, 0.15) is 0 Å². The number of fused-ring (bicyclic) bond motifs is 5. The summed E-state index contributed by atoms with van der Waals surface area (Å²) in [5.74, 6) is 0.689. The fourth-order valence-electron chi connectivity index (χ4n) is 8.77. The summed E-state index contributed by atoms with van der Waals surface area (Å²) in [6.45, 7) is 2.15. The van der Waals surface area contributed by atoms with E-state index in [2.05, 4.69) is 204 Å². The lowest BCUT2D eigenvalue weighted by molar-refractivity contribution is 0.157. The van der Waals surface area contributed by atoms with Crippen LogP contribution in [0.1, 0.15) is 18.9 Å². The lowest BCUT2D eigenvalue weighted by Crippen LogP contribution is -2.40. The van der Waals surface area contributed by atoms with Gasteiger partial charge in [-0.3, -0.25) is 0 Å². The molecule has 1 atom stereocenters. The zero-order valence-corrected chi connectivity index (χ0v) is 32.1. The number of aliphatic imine (C=N–C) groups is 1. The third-order valence-electron chi connectivity index (χ3n) is 11.7. The van der Waals surface area contributed by atoms with Crippen molar-refractivity contribution in [2.24, 2.45) is 4.99 Å². The number of aromatic nitrogens is 1. The van der Waals surface area contributed by atoms with E-state index in [9.17, 15) is 0 Å². The average molecular weight is 746 g/mol. The third kappa shape index (κ3) is 5.72. The van der Waals surface area contributed by atoms with Gasteiger partial charge in [0.05, 0.1) is 16.7 Å². The number of nitrogens with zero attached hydrogens (tertiary/aromatic N) is 3. The standard InChI is InChI=1S/C54H39N3O/c1-54-34-33-39-23-24-42(36-49(39)52(54)55-53(58-54)40-15-6-3-7-16-40)38-25-27-43(28-26-38)56(46-18-12-17-41(35-46)37-13-4-2-5-14-37)44-29-31-45(32-30-44)57-50-21-10-8-19-47(50)48-20-9-11-22-51(48)57/h2-33,35-36H,34H2,1H3. The fraction of sp³-hybridized carbons (Fsp3) is 0.0556. The molecule has 1 aliphatic carbocycles. The molecule has 0 N–H and O–H groups in total. The third-order valence-corrected chi connectivity index (χ3v) is 11.7. The molecule has 58 heavy (non-hydrogen) atoms. The summed E-state index contributed by atoms with van der Waals surface area (Å²) in [5.41, 5.74) is 12.9. The van der Waals surface area contributed by atoms with Crippen molar-refractivity contribution in [3.8, 4) is 27.9 Å². The van der Waals surface area contributed by atoms with E-state index >= 15 is 0 Å². The molecule has 0 radical (unpaired) electrons. The molecule has 2 heterocycles. The largest absolute Gasteiger partial charge is 0.464 e. The van der Waals surface area contributed by atoms with Crippen LogP contribution < -0.4 is 15.3 Å². The van der Waals surface area contributed by atoms with Crippen molar-refractivity contribution in [2.75, 3.05) is 4.90 Å². The molecule has 8 aromatic carbocycles. The Morgan fingerprint density at radius 1 is 0.500 bits per heavy atom. The molecule has 4 heteroatoms. The Bertz CT molecular complexity index is 3110. The molecule has 0 saturated heterocycles. The Hall–Kier alpha value is -7.43. The van der Waals surface area contributed by atoms with Crippen molar-refractivity contribution in [3.63, 3.8) is 0 Å². The topological polar surface area (TPSA) is 29.8 Å². The molecule has 9 aromatic rings. The quantitative estimate of drug-likeness (QED) is 0.163. The van der Waals surface area contributed by atoms with Gasteiger partial charge >= 0.3 is 0 Å². The van der Waals surface area contributed by atoms with Crippen LogP contribution in [0.2, 0.25) is 0 Å². The van der Waals surface area contributed by atoms with Crippen LogP contribution in [-0.4, -0.2) is 16.1 Å². The second kappa shape index (κ2) is 13.6. The predicted octanol–water partition coefficient (Wildman–Crippen LogP) is 12.1. The SMILES string of the molecule is CC12CC=c3ccc(-c4ccc(N(c5ccc(-n6c7ccccc7c7ccccc76)cc5)c5cccc(-c6ccccc6)c5)cc4)cc3=C1N=C(c1ccccc1)O2. The number of benzene rings is 8. The minimum absolute atomic E-state index is 0.494. The molecule has 1 aliphatic heterocycles. The number of hydrogen-bond acceptors (Lipinski definition) is 3. The minimum atomic E-state index is -0.494. The maximum Gasteiger partial charge on any atom is 0.222 e. The smallest absolute Gasteiger partial charge is 0.222 e. The Morgan fingerprint density at radius 2 is 1.05 bits per heavy atom. The predicted molar refractivity (Wildman–Crippen MR) is 241 cm³/mol. The molecule has 4 nitrogen and oxygen atoms in total. The van der Waals surface area contributed by atoms with Gasteiger partial charge in [-0.1, -0.05) is 127 Å². The molecule has 1 unspecified atom stereocenters. The van der Waals surface area contributed by atoms with Gasteiger partial charge in [-0.2, -0.15) is 0 Å². The Labute approximate surface area is 337 Å². The first-order chi connectivity index (χ1) is 28.6. The van der Waals surface area contributed by atoms with E-state index in [4.69, 9.17) is 9.73 Å². The average Bonchev–Trinajstić information content (AvgIpc) is 3.83. The monoisotopic (exact) mass is 745 g/mol. The van der Waals surface area contributed by atoms with Crippen molar-refractivity contribution in [3.05, 3.63) is 216 Å². The zero-order valence-electron chi connectivity index (χ0n) is 32.1. The highest BCUT2D eigenvalue weighted by Crippen LogP contribution is 2.40. The molecular formula is C54H39N3O. The van der Waals surface area contributed by atoms with Gasteiger partial charge < -0.3 is 14.2 Å². The van der Waals surface area contributed by atoms with Crippen molar-refractivity contribution in [1.82, 2.24) is 4.57 Å². The molecular weight excluding hydrogens is 707 g/mol. The van der Waals surface area contributed by atoms with Crippen LogP contribution in [0.3, 0.4) is 0 Å². The summed E-state index contributed by atoms with van der Waals surface area (Å²) in [4.78, 5) is 7.45. The van der Waals surface area contributed by atoms with E-state index in [1.165, 1.54) is 38.2 Å². The molecule has 2 aliphatic rings. The molecule has 276 valence electrons. The molecule has 0 spiro atoms. The summed E-state index contributed by atoms with van der Waals surface area (Å²) >= 11 is 0. The van der Waals surface area contributed by atoms with Crippen LogP contribution in [-0.2, 0) is 4.74 Å². The van der Waals surface area contributed by atoms with Crippen LogP contribution in [0, 0.1) is 0 Å². The number of hydrogen-bond donors (Lipinski definition) is 0. The molecule has 0 bridgehead atoms. The molecule has 0 fully saturated rings.